The molecule has 2 aromatic carbocycles. The molecular formula is C17H17ClN2O. The molecule has 21 heavy (non-hydrogen) atoms. The third-order valence-electron chi connectivity index (χ3n) is 3.67. The number of rotatable bonds is 3. The first kappa shape index (κ1) is 14.0. The van der Waals surface area contributed by atoms with Crippen LogP contribution in [0.5, 0.6) is 0 Å². The number of nitrogens with one attached hydrogen (secondary N) is 1. The topological polar surface area (TPSA) is 32.3 Å². The van der Waals surface area contributed by atoms with E-state index in [-0.39, 0.29) is 5.91 Å². The van der Waals surface area contributed by atoms with E-state index in [4.69, 9.17) is 11.6 Å². The molecule has 3 nitrogen and oxygen atoms in total. The molecule has 3 rings (SSSR count). The van der Waals surface area contributed by atoms with Crippen LogP contribution in [0.4, 0.5) is 11.4 Å². The van der Waals surface area contributed by atoms with Crippen molar-refractivity contribution in [2.75, 3.05) is 23.3 Å². The fourth-order valence-electron chi connectivity index (χ4n) is 2.68. The molecule has 108 valence electrons. The lowest BCUT2D eigenvalue weighted by atomic mass is 10.0. The van der Waals surface area contributed by atoms with Crippen LogP contribution in [0, 0.1) is 0 Å². The van der Waals surface area contributed by atoms with E-state index in [1.165, 1.54) is 11.3 Å². The molecule has 1 amide bonds. The van der Waals surface area contributed by atoms with E-state index in [2.05, 4.69) is 28.4 Å². The first-order valence-corrected chi connectivity index (χ1v) is 7.48. The predicted octanol–water partition coefficient (Wildman–Crippen LogP) is 3.73. The molecule has 1 aliphatic heterocycles. The summed E-state index contributed by atoms with van der Waals surface area (Å²) in [5, 5.41) is 3.57. The third kappa shape index (κ3) is 3.37. The monoisotopic (exact) mass is 300 g/mol. The van der Waals surface area contributed by atoms with Gasteiger partial charge >= 0.3 is 0 Å². The fraction of sp³-hybridized carbons (Fsp3) is 0.235. The summed E-state index contributed by atoms with van der Waals surface area (Å²) in [7, 11) is 0. The number of hydrogen-bond acceptors (Lipinski definition) is 2. The molecule has 0 saturated carbocycles. The fourth-order valence-corrected chi connectivity index (χ4v) is 2.81. The van der Waals surface area contributed by atoms with Crippen LogP contribution in [0.1, 0.15) is 12.0 Å². The number of para-hydroxylation sites is 1. The Kier molecular flexibility index (Phi) is 4.11. The lowest BCUT2D eigenvalue weighted by Gasteiger charge is -2.30. The maximum Gasteiger partial charge on any atom is 0.243 e. The smallest absolute Gasteiger partial charge is 0.243 e. The number of carbonyl (C=O) groups is 1. The first-order valence-electron chi connectivity index (χ1n) is 7.10. The van der Waals surface area contributed by atoms with Gasteiger partial charge in [0.1, 0.15) is 0 Å². The molecule has 0 saturated heterocycles. The first-order chi connectivity index (χ1) is 10.2. The van der Waals surface area contributed by atoms with Crippen molar-refractivity contribution in [3.05, 3.63) is 59.1 Å². The van der Waals surface area contributed by atoms with E-state index in [1.54, 1.807) is 12.1 Å². The van der Waals surface area contributed by atoms with Crippen molar-refractivity contribution in [2.45, 2.75) is 12.8 Å². The second kappa shape index (κ2) is 6.19. The van der Waals surface area contributed by atoms with Gasteiger partial charge in [-0.3, -0.25) is 4.79 Å². The summed E-state index contributed by atoms with van der Waals surface area (Å²) >= 11 is 5.84. The Morgan fingerprint density at radius 3 is 2.71 bits per heavy atom. The van der Waals surface area contributed by atoms with Gasteiger partial charge < -0.3 is 10.2 Å². The molecule has 0 unspecified atom stereocenters. The average Bonchev–Trinajstić information content (AvgIpc) is 2.50. The van der Waals surface area contributed by atoms with Crippen molar-refractivity contribution in [2.24, 2.45) is 0 Å². The van der Waals surface area contributed by atoms with E-state index in [1.807, 2.05) is 18.2 Å². The van der Waals surface area contributed by atoms with Gasteiger partial charge in [-0.2, -0.15) is 0 Å². The van der Waals surface area contributed by atoms with E-state index in [0.29, 0.717) is 11.6 Å². The van der Waals surface area contributed by atoms with Gasteiger partial charge in [0.2, 0.25) is 5.91 Å². The Balaban J connectivity index is 1.67. The minimum Gasteiger partial charge on any atom is -0.362 e. The number of hydrogen-bond donors (Lipinski definition) is 1. The highest BCUT2D eigenvalue weighted by Crippen LogP contribution is 2.26. The third-order valence-corrected chi connectivity index (χ3v) is 3.92. The molecule has 0 spiro atoms. The van der Waals surface area contributed by atoms with E-state index < -0.39 is 0 Å². The minimum atomic E-state index is -0.00553. The molecule has 4 heteroatoms. The minimum absolute atomic E-state index is 0.00553. The molecule has 0 bridgehead atoms. The molecule has 0 radical (unpaired) electrons. The SMILES string of the molecule is O=C(CN1CCCc2ccccc21)Nc1ccc(Cl)cc1. The predicted molar refractivity (Wildman–Crippen MR) is 87.1 cm³/mol. The normalized spacial score (nSPS) is 13.7. The van der Waals surface area contributed by atoms with Crippen molar-refractivity contribution in [3.63, 3.8) is 0 Å². The molecule has 1 aliphatic rings. The van der Waals surface area contributed by atoms with Gasteiger partial charge in [-0.05, 0) is 48.7 Å². The van der Waals surface area contributed by atoms with Crippen LogP contribution < -0.4 is 10.2 Å². The summed E-state index contributed by atoms with van der Waals surface area (Å²) in [6.45, 7) is 1.30. The highest BCUT2D eigenvalue weighted by Gasteiger charge is 2.18. The van der Waals surface area contributed by atoms with Crippen LogP contribution in [0.3, 0.4) is 0 Å². The van der Waals surface area contributed by atoms with Crippen LogP contribution in [-0.2, 0) is 11.2 Å². The Morgan fingerprint density at radius 2 is 1.90 bits per heavy atom. The standard InChI is InChI=1S/C17H17ClN2O/c18-14-7-9-15(10-8-14)19-17(21)12-20-11-3-5-13-4-1-2-6-16(13)20/h1-2,4,6-10H,3,5,11-12H2,(H,19,21). The lowest BCUT2D eigenvalue weighted by molar-refractivity contribution is -0.115. The summed E-state index contributed by atoms with van der Waals surface area (Å²) < 4.78 is 0. The van der Waals surface area contributed by atoms with Crippen molar-refractivity contribution in [1.29, 1.82) is 0 Å². The number of amides is 1. The summed E-state index contributed by atoms with van der Waals surface area (Å²) in [6.07, 6.45) is 2.18. The lowest BCUT2D eigenvalue weighted by Crippen LogP contribution is -2.36. The molecule has 0 fully saturated rings. The summed E-state index contributed by atoms with van der Waals surface area (Å²) in [5.41, 5.74) is 3.27. The van der Waals surface area contributed by atoms with Crippen LogP contribution in [0.15, 0.2) is 48.5 Å². The average molecular weight is 301 g/mol. The van der Waals surface area contributed by atoms with Gasteiger partial charge in [-0.25, -0.2) is 0 Å². The second-order valence-electron chi connectivity index (χ2n) is 5.21. The zero-order valence-corrected chi connectivity index (χ0v) is 12.4. The Labute approximate surface area is 129 Å². The van der Waals surface area contributed by atoms with Crippen molar-refractivity contribution >= 4 is 28.9 Å². The van der Waals surface area contributed by atoms with E-state index in [0.717, 1.165) is 25.1 Å². The summed E-state index contributed by atoms with van der Waals surface area (Å²) in [6, 6.07) is 15.5. The summed E-state index contributed by atoms with van der Waals surface area (Å²) in [5.74, 6) is -0.00553. The zero-order valence-electron chi connectivity index (χ0n) is 11.7. The number of halogens is 1. The van der Waals surface area contributed by atoms with Crippen LogP contribution >= 0.6 is 11.6 Å². The zero-order chi connectivity index (χ0) is 14.7. The van der Waals surface area contributed by atoms with Crippen molar-refractivity contribution in [3.8, 4) is 0 Å². The Bertz CT molecular complexity index is 639. The maximum atomic E-state index is 12.2. The molecule has 0 aliphatic carbocycles. The van der Waals surface area contributed by atoms with Crippen LogP contribution in [0.2, 0.25) is 5.02 Å². The van der Waals surface area contributed by atoms with Crippen LogP contribution in [0.25, 0.3) is 0 Å². The number of nitrogens with zero attached hydrogens (tertiary/aromatic N) is 1. The Morgan fingerprint density at radius 1 is 1.14 bits per heavy atom. The number of carbonyl (C=O) groups excluding carboxylic acids is 1. The van der Waals surface area contributed by atoms with Gasteiger partial charge in [0.05, 0.1) is 6.54 Å². The molecule has 0 aromatic heterocycles. The van der Waals surface area contributed by atoms with Gasteiger partial charge in [0.15, 0.2) is 0 Å². The largest absolute Gasteiger partial charge is 0.362 e. The number of anilines is 2. The molecular weight excluding hydrogens is 284 g/mol. The highest BCUT2D eigenvalue weighted by atomic mass is 35.5. The second-order valence-corrected chi connectivity index (χ2v) is 5.65. The molecule has 1 N–H and O–H groups in total. The van der Waals surface area contributed by atoms with Gasteiger partial charge in [0.25, 0.3) is 0 Å². The molecule has 1 heterocycles. The van der Waals surface area contributed by atoms with E-state index >= 15 is 0 Å². The van der Waals surface area contributed by atoms with Gasteiger partial charge in [-0.15, -0.1) is 0 Å². The van der Waals surface area contributed by atoms with E-state index in [9.17, 15) is 4.79 Å². The number of aryl methyl sites for hydroxylation is 1. The van der Waals surface area contributed by atoms with Crippen molar-refractivity contribution in [1.82, 2.24) is 0 Å². The van der Waals surface area contributed by atoms with Crippen LogP contribution in [-0.4, -0.2) is 19.0 Å². The van der Waals surface area contributed by atoms with Gasteiger partial charge in [-0.1, -0.05) is 29.8 Å². The Hall–Kier alpha value is -2.00. The maximum absolute atomic E-state index is 12.2. The van der Waals surface area contributed by atoms with Crippen molar-refractivity contribution < 1.29 is 4.79 Å². The number of benzene rings is 2. The molecule has 0 atom stereocenters. The van der Waals surface area contributed by atoms with Gasteiger partial charge in [0, 0.05) is 22.9 Å². The number of fused-ring (bicyclic) bond motifs is 1. The highest BCUT2D eigenvalue weighted by molar-refractivity contribution is 6.30. The summed E-state index contributed by atoms with van der Waals surface area (Å²) in [4.78, 5) is 14.3. The quantitative estimate of drug-likeness (QED) is 0.936. The molecule has 2 aromatic rings.